The lowest BCUT2D eigenvalue weighted by Crippen LogP contribution is -2.56. The first kappa shape index (κ1) is 17.3. The van der Waals surface area contributed by atoms with Gasteiger partial charge in [-0.15, -0.1) is 6.42 Å². The molecule has 3 fully saturated rings. The average Bonchev–Trinajstić information content (AvgIpc) is 2.79. The zero-order chi connectivity index (χ0) is 18.2. The number of carbonyl (C=O) groups excluding carboxylic acids is 1. The van der Waals surface area contributed by atoms with Gasteiger partial charge in [0, 0.05) is 11.8 Å². The Morgan fingerprint density at radius 1 is 1.24 bits per heavy atom. The number of aliphatic hydroxyl groups is 3. The number of hydrogen-bond donors (Lipinski definition) is 3. The molecule has 0 heterocycles. The van der Waals surface area contributed by atoms with Crippen LogP contribution in [0.2, 0.25) is 0 Å². The minimum Gasteiger partial charge on any atom is -0.389 e. The van der Waals surface area contributed by atoms with Gasteiger partial charge < -0.3 is 15.3 Å². The van der Waals surface area contributed by atoms with Gasteiger partial charge in [0.15, 0.2) is 11.4 Å². The standard InChI is InChI=1S/C21H28O4/c1-4-21(25)17(23)11-15-12-5-6-14-18(24)16(22)8-9-19(14,2)13(12)7-10-20(15,21)3/h1,6,12-13,15,17-18,23-25H,5,7-11H2,2-3H3/t12-,13-,15+,17?,18?,19-,20+,21?/m1/s1. The van der Waals surface area contributed by atoms with Gasteiger partial charge >= 0.3 is 0 Å². The molecule has 4 heteroatoms. The van der Waals surface area contributed by atoms with E-state index in [2.05, 4.69) is 18.9 Å². The van der Waals surface area contributed by atoms with Crippen LogP contribution < -0.4 is 0 Å². The van der Waals surface area contributed by atoms with E-state index >= 15 is 0 Å². The molecular formula is C21H28O4. The summed E-state index contributed by atoms with van der Waals surface area (Å²) in [5.41, 5.74) is -1.21. The van der Waals surface area contributed by atoms with Crippen molar-refractivity contribution in [3.63, 3.8) is 0 Å². The van der Waals surface area contributed by atoms with E-state index < -0.39 is 23.2 Å². The summed E-state index contributed by atoms with van der Waals surface area (Å²) >= 11 is 0. The van der Waals surface area contributed by atoms with Gasteiger partial charge in [0.2, 0.25) is 0 Å². The molecule has 0 amide bonds. The van der Waals surface area contributed by atoms with Crippen molar-refractivity contribution in [1.29, 1.82) is 0 Å². The quantitative estimate of drug-likeness (QED) is 0.463. The Labute approximate surface area is 149 Å². The number of terminal acetylenes is 1. The zero-order valence-corrected chi connectivity index (χ0v) is 15.0. The van der Waals surface area contributed by atoms with Crippen molar-refractivity contribution in [1.82, 2.24) is 0 Å². The van der Waals surface area contributed by atoms with Crippen LogP contribution in [0.5, 0.6) is 0 Å². The molecule has 0 saturated heterocycles. The molecule has 25 heavy (non-hydrogen) atoms. The van der Waals surface area contributed by atoms with Crippen LogP contribution in [0.15, 0.2) is 11.6 Å². The predicted octanol–water partition coefficient (Wildman–Crippen LogP) is 1.82. The van der Waals surface area contributed by atoms with Crippen molar-refractivity contribution >= 4 is 5.78 Å². The second kappa shape index (κ2) is 5.19. The number of allylic oxidation sites excluding steroid dienone is 1. The Morgan fingerprint density at radius 3 is 2.64 bits per heavy atom. The molecule has 3 unspecified atom stereocenters. The van der Waals surface area contributed by atoms with Gasteiger partial charge in [-0.1, -0.05) is 25.8 Å². The monoisotopic (exact) mass is 344 g/mol. The minimum atomic E-state index is -1.46. The highest BCUT2D eigenvalue weighted by Crippen LogP contribution is 2.66. The number of aliphatic hydroxyl groups excluding tert-OH is 2. The van der Waals surface area contributed by atoms with Crippen LogP contribution in [0.25, 0.3) is 0 Å². The third kappa shape index (κ3) is 1.92. The molecular weight excluding hydrogens is 316 g/mol. The van der Waals surface area contributed by atoms with Gasteiger partial charge in [0.05, 0.1) is 6.10 Å². The first-order valence-electron chi connectivity index (χ1n) is 9.48. The highest BCUT2D eigenvalue weighted by molar-refractivity contribution is 5.87. The van der Waals surface area contributed by atoms with Crippen LogP contribution >= 0.6 is 0 Å². The Morgan fingerprint density at radius 2 is 1.96 bits per heavy atom. The maximum Gasteiger partial charge on any atom is 0.165 e. The molecule has 0 aromatic carbocycles. The Balaban J connectivity index is 1.74. The SMILES string of the molecule is C#CC1(O)C(O)C[C@H]2[C@@H]3CC=C4C(O)C(=O)CC[C@]4(C)[C@@H]3CC[C@@]21C. The first-order chi connectivity index (χ1) is 11.7. The number of Topliss-reactive ketones (excluding diaryl/α,β-unsaturated/α-hetero) is 1. The first-order valence-corrected chi connectivity index (χ1v) is 9.48. The van der Waals surface area contributed by atoms with E-state index in [1.54, 1.807) is 0 Å². The van der Waals surface area contributed by atoms with E-state index in [9.17, 15) is 20.1 Å². The lowest BCUT2D eigenvalue weighted by Gasteiger charge is -2.58. The largest absolute Gasteiger partial charge is 0.389 e. The highest BCUT2D eigenvalue weighted by atomic mass is 16.3. The molecule has 3 N–H and O–H groups in total. The lowest BCUT2D eigenvalue weighted by atomic mass is 9.47. The summed E-state index contributed by atoms with van der Waals surface area (Å²) in [5, 5.41) is 31.9. The number of ketones is 1. The molecule has 4 rings (SSSR count). The Bertz CT molecular complexity index is 690. The highest BCUT2D eigenvalue weighted by Gasteiger charge is 2.67. The number of rotatable bonds is 0. The van der Waals surface area contributed by atoms with E-state index in [1.165, 1.54) is 0 Å². The summed E-state index contributed by atoms with van der Waals surface area (Å²) in [5.74, 6) is 3.29. The molecule has 0 bridgehead atoms. The molecule has 0 aliphatic heterocycles. The van der Waals surface area contributed by atoms with Crippen molar-refractivity contribution in [2.75, 3.05) is 0 Å². The average molecular weight is 344 g/mol. The summed E-state index contributed by atoms with van der Waals surface area (Å²) in [4.78, 5) is 12.0. The van der Waals surface area contributed by atoms with Crippen LogP contribution in [0.3, 0.4) is 0 Å². The summed E-state index contributed by atoms with van der Waals surface area (Å²) in [6.45, 7) is 4.22. The molecule has 4 aliphatic rings. The molecule has 136 valence electrons. The summed E-state index contributed by atoms with van der Waals surface area (Å²) in [6.07, 6.45) is 10.1. The topological polar surface area (TPSA) is 77.8 Å². The maximum atomic E-state index is 12.0. The van der Waals surface area contributed by atoms with Crippen molar-refractivity contribution < 1.29 is 20.1 Å². The van der Waals surface area contributed by atoms with E-state index in [0.717, 1.165) is 31.3 Å². The molecule has 0 spiro atoms. The molecule has 4 nitrogen and oxygen atoms in total. The van der Waals surface area contributed by atoms with Crippen molar-refractivity contribution in [3.05, 3.63) is 11.6 Å². The van der Waals surface area contributed by atoms with Crippen LogP contribution in [0, 0.1) is 40.9 Å². The second-order valence-corrected chi connectivity index (χ2v) is 9.18. The van der Waals surface area contributed by atoms with Crippen LogP contribution in [0.1, 0.15) is 52.4 Å². The van der Waals surface area contributed by atoms with Gasteiger partial charge in [-0.05, 0) is 60.8 Å². The Kier molecular flexibility index (Phi) is 3.59. The van der Waals surface area contributed by atoms with Gasteiger partial charge in [-0.3, -0.25) is 4.79 Å². The fraction of sp³-hybridized carbons (Fsp3) is 0.762. The lowest BCUT2D eigenvalue weighted by molar-refractivity contribution is -0.135. The molecule has 4 aliphatic carbocycles. The fourth-order valence-corrected chi connectivity index (χ4v) is 6.85. The summed E-state index contributed by atoms with van der Waals surface area (Å²) < 4.78 is 0. The molecule has 0 aromatic heterocycles. The van der Waals surface area contributed by atoms with E-state index in [4.69, 9.17) is 6.42 Å². The van der Waals surface area contributed by atoms with Gasteiger partial charge in [-0.2, -0.15) is 0 Å². The van der Waals surface area contributed by atoms with E-state index in [1.807, 2.05) is 6.92 Å². The molecule has 0 radical (unpaired) electrons. The second-order valence-electron chi connectivity index (χ2n) is 9.18. The number of fused-ring (bicyclic) bond motifs is 5. The van der Waals surface area contributed by atoms with E-state index in [0.29, 0.717) is 24.7 Å². The van der Waals surface area contributed by atoms with Gasteiger partial charge in [-0.25, -0.2) is 0 Å². The minimum absolute atomic E-state index is 0.0687. The third-order valence-corrected chi connectivity index (χ3v) is 8.45. The van der Waals surface area contributed by atoms with E-state index in [-0.39, 0.29) is 17.1 Å². The summed E-state index contributed by atoms with van der Waals surface area (Å²) in [6, 6.07) is 0. The van der Waals surface area contributed by atoms with Crippen LogP contribution in [0.4, 0.5) is 0 Å². The fourth-order valence-electron chi connectivity index (χ4n) is 6.85. The van der Waals surface area contributed by atoms with Gasteiger partial charge in [0.25, 0.3) is 0 Å². The molecule has 8 atom stereocenters. The Hall–Kier alpha value is -1.15. The normalized spacial score (nSPS) is 54.8. The smallest absolute Gasteiger partial charge is 0.165 e. The molecule has 0 aromatic rings. The third-order valence-electron chi connectivity index (χ3n) is 8.45. The maximum absolute atomic E-state index is 12.0. The van der Waals surface area contributed by atoms with Crippen molar-refractivity contribution in [3.8, 4) is 12.3 Å². The van der Waals surface area contributed by atoms with Crippen molar-refractivity contribution in [2.45, 2.75) is 70.2 Å². The van der Waals surface area contributed by atoms with Crippen LogP contribution in [-0.4, -0.2) is 38.9 Å². The van der Waals surface area contributed by atoms with Crippen LogP contribution in [-0.2, 0) is 4.79 Å². The number of carbonyl (C=O) groups is 1. The van der Waals surface area contributed by atoms with Crippen molar-refractivity contribution in [2.24, 2.45) is 28.6 Å². The number of hydrogen-bond acceptors (Lipinski definition) is 4. The summed E-state index contributed by atoms with van der Waals surface area (Å²) in [7, 11) is 0. The van der Waals surface area contributed by atoms with Gasteiger partial charge in [0.1, 0.15) is 6.10 Å². The zero-order valence-electron chi connectivity index (χ0n) is 15.0. The molecule has 3 saturated carbocycles. The predicted molar refractivity (Wildman–Crippen MR) is 93.3 cm³/mol.